The van der Waals surface area contributed by atoms with Gasteiger partial charge >= 0.3 is 5.92 Å². The summed E-state index contributed by atoms with van der Waals surface area (Å²) in [7, 11) is 4.11. The van der Waals surface area contributed by atoms with Crippen molar-refractivity contribution in [3.8, 4) is 5.82 Å². The first-order valence-corrected chi connectivity index (χ1v) is 11.3. The van der Waals surface area contributed by atoms with Crippen molar-refractivity contribution >= 4 is 28.4 Å². The van der Waals surface area contributed by atoms with Crippen molar-refractivity contribution in [3.63, 3.8) is 0 Å². The van der Waals surface area contributed by atoms with Crippen LogP contribution in [-0.4, -0.2) is 68.3 Å². The summed E-state index contributed by atoms with van der Waals surface area (Å²) in [6, 6.07) is 3.31. The molecule has 0 bridgehead atoms. The number of nitrogens with zero attached hydrogens (tertiary/aromatic N) is 7. The standard InChI is InChI=1S/C23H30F2N8O/c1-7-19(34)28-17-11-16-15(12-26-17)20(32-9-8-22(3,13-32)31(5)6)30-33(16)18-10-14(2)27-21(29-18)23(4,24)25/h10-12H,7-9,13H2,1-6H3,(H,26,28,34)/t22-/m0/s1. The van der Waals surface area contributed by atoms with E-state index in [0.717, 1.165) is 31.8 Å². The summed E-state index contributed by atoms with van der Waals surface area (Å²) in [6.07, 6.45) is 2.92. The van der Waals surface area contributed by atoms with Crippen LogP contribution in [0.5, 0.6) is 0 Å². The van der Waals surface area contributed by atoms with Crippen LogP contribution in [0.4, 0.5) is 20.4 Å². The number of pyridine rings is 1. The third-order valence-corrected chi connectivity index (χ3v) is 6.42. The Labute approximate surface area is 197 Å². The minimum Gasteiger partial charge on any atom is -0.353 e. The predicted octanol–water partition coefficient (Wildman–Crippen LogP) is 3.51. The molecular weight excluding hydrogens is 442 g/mol. The first-order valence-electron chi connectivity index (χ1n) is 11.3. The van der Waals surface area contributed by atoms with Gasteiger partial charge in [0.05, 0.1) is 10.9 Å². The lowest BCUT2D eigenvalue weighted by atomic mass is 10.0. The number of fused-ring (bicyclic) bond motifs is 1. The molecule has 0 spiro atoms. The van der Waals surface area contributed by atoms with Crippen LogP contribution in [0.2, 0.25) is 0 Å². The smallest absolute Gasteiger partial charge is 0.303 e. The summed E-state index contributed by atoms with van der Waals surface area (Å²) < 4.78 is 29.7. The van der Waals surface area contributed by atoms with E-state index in [2.05, 4.69) is 51.1 Å². The van der Waals surface area contributed by atoms with Crippen molar-refractivity contribution < 1.29 is 13.6 Å². The van der Waals surface area contributed by atoms with Gasteiger partial charge in [-0.25, -0.2) is 19.6 Å². The van der Waals surface area contributed by atoms with Gasteiger partial charge in [-0.1, -0.05) is 6.92 Å². The number of nitrogens with one attached hydrogen (secondary N) is 1. The lowest BCUT2D eigenvalue weighted by Crippen LogP contribution is -2.43. The zero-order chi connectivity index (χ0) is 24.8. The lowest BCUT2D eigenvalue weighted by molar-refractivity contribution is -0.115. The summed E-state index contributed by atoms with van der Waals surface area (Å²) in [4.78, 5) is 28.8. The summed E-state index contributed by atoms with van der Waals surface area (Å²) in [5, 5.41) is 8.31. The molecule has 3 aromatic heterocycles. The van der Waals surface area contributed by atoms with Crippen molar-refractivity contribution in [3.05, 3.63) is 29.8 Å². The fraction of sp³-hybridized carbons (Fsp3) is 0.522. The first kappa shape index (κ1) is 23.9. The van der Waals surface area contributed by atoms with E-state index in [0.29, 0.717) is 29.3 Å². The van der Waals surface area contributed by atoms with Gasteiger partial charge in [-0.15, -0.1) is 5.10 Å². The summed E-state index contributed by atoms with van der Waals surface area (Å²) in [5.41, 5.74) is 0.988. The Kier molecular flexibility index (Phi) is 6.01. The Balaban J connectivity index is 1.88. The molecule has 1 N–H and O–H groups in total. The molecule has 0 unspecified atom stereocenters. The van der Waals surface area contributed by atoms with E-state index in [-0.39, 0.29) is 17.3 Å². The Morgan fingerprint density at radius 2 is 2.03 bits per heavy atom. The van der Waals surface area contributed by atoms with E-state index < -0.39 is 11.7 Å². The average Bonchev–Trinajstić information content (AvgIpc) is 3.34. The summed E-state index contributed by atoms with van der Waals surface area (Å²) in [5.74, 6) is -2.65. The predicted molar refractivity (Wildman–Crippen MR) is 127 cm³/mol. The second-order valence-corrected chi connectivity index (χ2v) is 9.37. The molecule has 182 valence electrons. The zero-order valence-electron chi connectivity index (χ0n) is 20.4. The van der Waals surface area contributed by atoms with Crippen LogP contribution in [0.3, 0.4) is 0 Å². The van der Waals surface area contributed by atoms with Crippen LogP contribution in [0, 0.1) is 6.92 Å². The van der Waals surface area contributed by atoms with Crippen LogP contribution in [0.15, 0.2) is 18.3 Å². The maximum atomic E-state index is 14.1. The molecule has 1 saturated heterocycles. The van der Waals surface area contributed by atoms with Gasteiger partial charge in [0.2, 0.25) is 11.7 Å². The number of aryl methyl sites for hydroxylation is 1. The van der Waals surface area contributed by atoms with Crippen molar-refractivity contribution in [2.24, 2.45) is 0 Å². The molecule has 0 aromatic carbocycles. The number of anilines is 2. The van der Waals surface area contributed by atoms with Gasteiger partial charge in [0.1, 0.15) is 5.82 Å². The molecule has 3 aromatic rings. The SMILES string of the molecule is CCC(=O)Nc1cc2c(cn1)c(N1CC[C@](C)(N(C)C)C1)nn2-c1cc(C)nc(C(C)(F)F)n1. The highest BCUT2D eigenvalue weighted by Gasteiger charge is 2.37. The van der Waals surface area contributed by atoms with E-state index in [1.54, 1.807) is 32.2 Å². The Morgan fingerprint density at radius 1 is 1.29 bits per heavy atom. The molecule has 9 nitrogen and oxygen atoms in total. The van der Waals surface area contributed by atoms with Crippen molar-refractivity contribution in [2.45, 2.75) is 52.0 Å². The Bertz CT molecular complexity index is 1240. The number of carbonyl (C=O) groups is 1. The molecule has 1 amide bonds. The minimum absolute atomic E-state index is 0.0263. The van der Waals surface area contributed by atoms with E-state index in [1.807, 2.05) is 0 Å². The number of hydrogen-bond donors (Lipinski definition) is 1. The minimum atomic E-state index is -3.20. The van der Waals surface area contributed by atoms with Crippen LogP contribution in [-0.2, 0) is 10.7 Å². The molecule has 1 aliphatic heterocycles. The fourth-order valence-corrected chi connectivity index (χ4v) is 4.05. The van der Waals surface area contributed by atoms with Crippen molar-refractivity contribution in [2.75, 3.05) is 37.4 Å². The summed E-state index contributed by atoms with van der Waals surface area (Å²) >= 11 is 0. The largest absolute Gasteiger partial charge is 0.353 e. The molecular formula is C23H30F2N8O. The van der Waals surface area contributed by atoms with Gasteiger partial charge in [0, 0.05) is 56.0 Å². The maximum Gasteiger partial charge on any atom is 0.303 e. The van der Waals surface area contributed by atoms with Gasteiger partial charge in [-0.3, -0.25) is 4.79 Å². The molecule has 0 radical (unpaired) electrons. The Morgan fingerprint density at radius 3 is 2.65 bits per heavy atom. The van der Waals surface area contributed by atoms with Crippen molar-refractivity contribution in [1.82, 2.24) is 29.6 Å². The molecule has 11 heteroatoms. The molecule has 0 aliphatic carbocycles. The van der Waals surface area contributed by atoms with Gasteiger partial charge in [-0.2, -0.15) is 8.78 Å². The normalized spacial score (nSPS) is 18.8. The van der Waals surface area contributed by atoms with E-state index in [1.165, 1.54) is 4.68 Å². The molecule has 0 saturated carbocycles. The number of likely N-dealkylation sites (N-methyl/N-ethyl adjacent to an activating group) is 1. The quantitative estimate of drug-likeness (QED) is 0.587. The monoisotopic (exact) mass is 472 g/mol. The average molecular weight is 473 g/mol. The number of amides is 1. The van der Waals surface area contributed by atoms with Crippen LogP contribution < -0.4 is 10.2 Å². The molecule has 34 heavy (non-hydrogen) atoms. The third-order valence-electron chi connectivity index (χ3n) is 6.42. The maximum absolute atomic E-state index is 14.1. The second kappa shape index (κ2) is 8.53. The van der Waals surface area contributed by atoms with Crippen LogP contribution in [0.25, 0.3) is 16.7 Å². The topological polar surface area (TPSA) is 92.1 Å². The van der Waals surface area contributed by atoms with E-state index in [9.17, 15) is 13.6 Å². The van der Waals surface area contributed by atoms with E-state index in [4.69, 9.17) is 5.10 Å². The molecule has 4 heterocycles. The third kappa shape index (κ3) is 4.44. The second-order valence-electron chi connectivity index (χ2n) is 9.37. The fourth-order valence-electron chi connectivity index (χ4n) is 4.05. The highest BCUT2D eigenvalue weighted by molar-refractivity contribution is 5.95. The van der Waals surface area contributed by atoms with Gasteiger partial charge < -0.3 is 15.1 Å². The lowest BCUT2D eigenvalue weighted by Gasteiger charge is -2.32. The number of rotatable bonds is 6. The Hall–Kier alpha value is -3.21. The number of alkyl halides is 2. The molecule has 4 rings (SSSR count). The number of carbonyl (C=O) groups excluding carboxylic acids is 1. The summed E-state index contributed by atoms with van der Waals surface area (Å²) in [6.45, 7) is 7.91. The van der Waals surface area contributed by atoms with Crippen LogP contribution >= 0.6 is 0 Å². The molecule has 1 aliphatic rings. The van der Waals surface area contributed by atoms with E-state index >= 15 is 0 Å². The van der Waals surface area contributed by atoms with Gasteiger partial charge in [0.15, 0.2) is 11.6 Å². The van der Waals surface area contributed by atoms with Gasteiger partial charge in [0.25, 0.3) is 0 Å². The zero-order valence-corrected chi connectivity index (χ0v) is 20.4. The van der Waals surface area contributed by atoms with Gasteiger partial charge in [-0.05, 0) is 34.4 Å². The van der Waals surface area contributed by atoms with Crippen molar-refractivity contribution in [1.29, 1.82) is 0 Å². The highest BCUT2D eigenvalue weighted by Crippen LogP contribution is 2.35. The van der Waals surface area contributed by atoms with Crippen LogP contribution in [0.1, 0.15) is 45.1 Å². The highest BCUT2D eigenvalue weighted by atomic mass is 19.3. The molecule has 1 fully saturated rings. The number of halogens is 2. The number of hydrogen-bond acceptors (Lipinski definition) is 7. The first-order chi connectivity index (χ1) is 15.9. The number of aromatic nitrogens is 5. The molecule has 1 atom stereocenters.